The Hall–Kier alpha value is -2.89. The summed E-state index contributed by atoms with van der Waals surface area (Å²) in [5.41, 5.74) is 4.12. The number of likely N-dealkylation sites (tertiary alicyclic amines) is 1. The second-order valence-corrected chi connectivity index (χ2v) is 9.17. The van der Waals surface area contributed by atoms with Gasteiger partial charge in [-0.3, -0.25) is 4.99 Å². The zero-order chi connectivity index (χ0) is 24.6. The minimum Gasteiger partial charge on any atom is -0.444 e. The highest BCUT2D eigenvalue weighted by Gasteiger charge is 2.39. The first kappa shape index (κ1) is 24.7. The van der Waals surface area contributed by atoms with Gasteiger partial charge in [-0.1, -0.05) is 0 Å². The SMILES string of the molecule is C[C@H]1[C@H](O)CN1c1nc(C(C=N[C@H]2CCN(C(=O)OC(C)(C)C)C2)=CN)cc(C(F)(F)F)n1. The van der Waals surface area contributed by atoms with Crippen molar-refractivity contribution in [3.8, 4) is 0 Å². The molecule has 0 radical (unpaired) electrons. The Morgan fingerprint density at radius 1 is 1.30 bits per heavy atom. The van der Waals surface area contributed by atoms with Crippen LogP contribution >= 0.6 is 0 Å². The predicted molar refractivity (Wildman–Crippen MR) is 117 cm³/mol. The van der Waals surface area contributed by atoms with Crippen molar-refractivity contribution in [2.75, 3.05) is 24.5 Å². The van der Waals surface area contributed by atoms with Gasteiger partial charge in [0, 0.05) is 37.6 Å². The van der Waals surface area contributed by atoms with Crippen LogP contribution in [0, 0.1) is 0 Å². The number of aliphatic imine (C=N–C) groups is 1. The molecule has 2 saturated heterocycles. The van der Waals surface area contributed by atoms with Gasteiger partial charge in [0.1, 0.15) is 5.60 Å². The van der Waals surface area contributed by atoms with Crippen molar-refractivity contribution in [2.45, 2.75) is 64.1 Å². The largest absolute Gasteiger partial charge is 0.444 e. The number of hydrogen-bond donors (Lipinski definition) is 2. The third-order valence-corrected chi connectivity index (χ3v) is 5.41. The van der Waals surface area contributed by atoms with Gasteiger partial charge in [0.15, 0.2) is 5.69 Å². The molecule has 0 saturated carbocycles. The van der Waals surface area contributed by atoms with Crippen LogP contribution < -0.4 is 10.6 Å². The zero-order valence-electron chi connectivity index (χ0n) is 19.0. The average molecular weight is 470 g/mol. The highest BCUT2D eigenvalue weighted by molar-refractivity contribution is 6.09. The standard InChI is InChI=1S/C21H29F3N6O3/c1-12-16(31)11-30(12)18-27-15(7-17(28-18)21(22,23)24)13(8-25)9-26-14-5-6-29(10-14)19(32)33-20(2,3)4/h7-9,12,14,16,31H,5-6,10-11,25H2,1-4H3/t12-,14-,16+/m0/s1. The third-order valence-electron chi connectivity index (χ3n) is 5.41. The van der Waals surface area contributed by atoms with Crippen LogP contribution in [0.25, 0.3) is 5.57 Å². The van der Waals surface area contributed by atoms with E-state index in [0.717, 1.165) is 12.3 Å². The summed E-state index contributed by atoms with van der Waals surface area (Å²) in [5.74, 6) is -0.137. The van der Waals surface area contributed by atoms with Crippen molar-refractivity contribution < 1.29 is 27.8 Å². The first-order valence-electron chi connectivity index (χ1n) is 10.6. The first-order chi connectivity index (χ1) is 15.3. The lowest BCUT2D eigenvalue weighted by atomic mass is 10.0. The third kappa shape index (κ3) is 5.92. The monoisotopic (exact) mass is 470 g/mol. The summed E-state index contributed by atoms with van der Waals surface area (Å²) in [6.07, 6.45) is -2.70. The Balaban J connectivity index is 1.78. The molecule has 1 aromatic heterocycles. The molecule has 9 nitrogen and oxygen atoms in total. The summed E-state index contributed by atoms with van der Waals surface area (Å²) in [4.78, 5) is 27.5. The normalized spacial score (nSPS) is 24.4. The number of aliphatic hydroxyl groups is 1. The van der Waals surface area contributed by atoms with E-state index < -0.39 is 35.7 Å². The highest BCUT2D eigenvalue weighted by Crippen LogP contribution is 2.32. The maximum absolute atomic E-state index is 13.5. The lowest BCUT2D eigenvalue weighted by molar-refractivity contribution is -0.141. The molecule has 1 aromatic rings. The molecular formula is C21H29F3N6O3. The molecule has 0 bridgehead atoms. The molecule has 2 fully saturated rings. The number of nitrogens with zero attached hydrogens (tertiary/aromatic N) is 5. The van der Waals surface area contributed by atoms with Gasteiger partial charge in [-0.25, -0.2) is 14.8 Å². The summed E-state index contributed by atoms with van der Waals surface area (Å²) in [6.45, 7) is 7.94. The van der Waals surface area contributed by atoms with E-state index in [1.807, 2.05) is 0 Å². The van der Waals surface area contributed by atoms with Gasteiger partial charge in [0.25, 0.3) is 0 Å². The number of hydrogen-bond acceptors (Lipinski definition) is 8. The van der Waals surface area contributed by atoms with Crippen LogP contribution in [0.5, 0.6) is 0 Å². The zero-order valence-corrected chi connectivity index (χ0v) is 19.0. The Labute approximate surface area is 190 Å². The molecule has 2 aliphatic heterocycles. The smallest absolute Gasteiger partial charge is 0.433 e. The molecule has 2 aliphatic rings. The number of carbonyl (C=O) groups excluding carboxylic acids is 1. The molecule has 3 N–H and O–H groups in total. The lowest BCUT2D eigenvalue weighted by Gasteiger charge is -2.43. The Kier molecular flexibility index (Phi) is 6.87. The highest BCUT2D eigenvalue weighted by atomic mass is 19.4. The summed E-state index contributed by atoms with van der Waals surface area (Å²) in [6, 6.07) is 0.163. The number of rotatable bonds is 4. The summed E-state index contributed by atoms with van der Waals surface area (Å²) in [5, 5.41) is 9.72. The van der Waals surface area contributed by atoms with E-state index in [2.05, 4.69) is 15.0 Å². The number of halogens is 3. The fourth-order valence-corrected chi connectivity index (χ4v) is 3.45. The number of ether oxygens (including phenoxy) is 1. The van der Waals surface area contributed by atoms with E-state index in [-0.39, 0.29) is 29.8 Å². The molecule has 33 heavy (non-hydrogen) atoms. The van der Waals surface area contributed by atoms with Crippen LogP contribution in [0.3, 0.4) is 0 Å². The average Bonchev–Trinajstić information content (AvgIpc) is 3.19. The van der Waals surface area contributed by atoms with Crippen molar-refractivity contribution in [1.82, 2.24) is 14.9 Å². The minimum absolute atomic E-state index is 0.0332. The predicted octanol–water partition coefficient (Wildman–Crippen LogP) is 2.44. The Bertz CT molecular complexity index is 944. The van der Waals surface area contributed by atoms with Crippen molar-refractivity contribution in [2.24, 2.45) is 10.7 Å². The van der Waals surface area contributed by atoms with Crippen LogP contribution in [0.4, 0.5) is 23.9 Å². The summed E-state index contributed by atoms with van der Waals surface area (Å²) in [7, 11) is 0. The minimum atomic E-state index is -4.69. The molecule has 0 unspecified atom stereocenters. The van der Waals surface area contributed by atoms with Crippen LogP contribution in [-0.4, -0.2) is 75.7 Å². The number of β-amino-alcohol motifs (C(OH)–C–C–N with tert-alkyl or cyclic N) is 1. The maximum Gasteiger partial charge on any atom is 0.433 e. The number of anilines is 1. The maximum atomic E-state index is 13.5. The van der Waals surface area contributed by atoms with Gasteiger partial charge in [0.2, 0.25) is 5.95 Å². The fraction of sp³-hybridized carbons (Fsp3) is 0.619. The molecule has 3 atom stereocenters. The Morgan fingerprint density at radius 3 is 2.55 bits per heavy atom. The first-order valence-corrected chi connectivity index (χ1v) is 10.6. The number of aliphatic hydroxyl groups excluding tert-OH is 1. The number of aromatic nitrogens is 2. The topological polar surface area (TPSA) is 117 Å². The van der Waals surface area contributed by atoms with Crippen LogP contribution in [0.2, 0.25) is 0 Å². The van der Waals surface area contributed by atoms with E-state index in [1.54, 1.807) is 32.6 Å². The summed E-state index contributed by atoms with van der Waals surface area (Å²) < 4.78 is 45.7. The van der Waals surface area contributed by atoms with Crippen LogP contribution in [-0.2, 0) is 10.9 Å². The molecule has 0 aliphatic carbocycles. The molecule has 3 heterocycles. The summed E-state index contributed by atoms with van der Waals surface area (Å²) >= 11 is 0. The Morgan fingerprint density at radius 2 is 2.00 bits per heavy atom. The number of nitrogens with two attached hydrogens (primary N) is 1. The second-order valence-electron chi connectivity index (χ2n) is 9.17. The van der Waals surface area contributed by atoms with Gasteiger partial charge in [-0.05, 0) is 40.2 Å². The van der Waals surface area contributed by atoms with Crippen LogP contribution in [0.1, 0.15) is 45.5 Å². The quantitative estimate of drug-likeness (QED) is 0.649. The van der Waals surface area contributed by atoms with Crippen molar-refractivity contribution in [3.05, 3.63) is 23.7 Å². The van der Waals surface area contributed by atoms with Gasteiger partial charge in [-0.2, -0.15) is 13.2 Å². The van der Waals surface area contributed by atoms with Crippen LogP contribution in [0.15, 0.2) is 17.3 Å². The number of allylic oxidation sites excluding steroid dienone is 1. The molecule has 182 valence electrons. The van der Waals surface area contributed by atoms with Gasteiger partial charge < -0.3 is 25.4 Å². The van der Waals surface area contributed by atoms with E-state index in [4.69, 9.17) is 10.5 Å². The molecule has 1 amide bonds. The van der Waals surface area contributed by atoms with Gasteiger partial charge in [0.05, 0.1) is 23.9 Å². The van der Waals surface area contributed by atoms with E-state index in [9.17, 15) is 23.1 Å². The van der Waals surface area contributed by atoms with E-state index in [0.29, 0.717) is 19.5 Å². The molecule has 0 aromatic carbocycles. The van der Waals surface area contributed by atoms with E-state index in [1.165, 1.54) is 11.1 Å². The second kappa shape index (κ2) is 9.16. The molecule has 12 heteroatoms. The fourth-order valence-electron chi connectivity index (χ4n) is 3.45. The molecular weight excluding hydrogens is 441 g/mol. The number of carbonyl (C=O) groups is 1. The number of alkyl halides is 3. The van der Waals surface area contributed by atoms with Crippen molar-refractivity contribution in [3.63, 3.8) is 0 Å². The molecule has 0 spiro atoms. The van der Waals surface area contributed by atoms with Crippen molar-refractivity contribution >= 4 is 23.8 Å². The van der Waals surface area contributed by atoms with Gasteiger partial charge >= 0.3 is 12.3 Å². The van der Waals surface area contributed by atoms with Crippen molar-refractivity contribution in [1.29, 1.82) is 0 Å². The van der Waals surface area contributed by atoms with Gasteiger partial charge in [-0.15, -0.1) is 0 Å². The lowest BCUT2D eigenvalue weighted by Crippen LogP contribution is -2.59. The van der Waals surface area contributed by atoms with E-state index >= 15 is 0 Å². The molecule has 3 rings (SSSR count). The number of amides is 1.